The zero-order valence-corrected chi connectivity index (χ0v) is 23.3. The van der Waals surface area contributed by atoms with Gasteiger partial charge >= 0.3 is 10.4 Å². The van der Waals surface area contributed by atoms with E-state index in [0.717, 1.165) is 13.0 Å². The topological polar surface area (TPSA) is 119 Å². The van der Waals surface area contributed by atoms with Crippen LogP contribution < -0.4 is 0 Å². The summed E-state index contributed by atoms with van der Waals surface area (Å²) in [7, 11) is -4.40. The predicted octanol–water partition coefficient (Wildman–Crippen LogP) is 4.22. The Morgan fingerprint density at radius 1 is 0.417 bits per heavy atom. The molecule has 0 aliphatic rings. The van der Waals surface area contributed by atoms with Crippen LogP contribution in [0.15, 0.2) is 0 Å². The van der Waals surface area contributed by atoms with Crippen LogP contribution in [-0.2, 0) is 43.0 Å². The molecule has 0 aliphatic carbocycles. The van der Waals surface area contributed by atoms with E-state index in [1.165, 1.54) is 64.2 Å². The highest BCUT2D eigenvalue weighted by Gasteiger charge is 2.02. The summed E-state index contributed by atoms with van der Waals surface area (Å²) in [5.74, 6) is 0. The molecule has 0 radical (unpaired) electrons. The lowest BCUT2D eigenvalue weighted by atomic mass is 10.1. The maximum Gasteiger partial charge on any atom is 0.397 e. The van der Waals surface area contributed by atoms with E-state index in [-0.39, 0.29) is 13.2 Å². The molecule has 0 saturated carbocycles. The molecule has 0 fully saturated rings. The Morgan fingerprint density at radius 2 is 0.694 bits per heavy atom. The zero-order chi connectivity index (χ0) is 26.4. The molecule has 0 unspecified atom stereocenters. The van der Waals surface area contributed by atoms with Crippen molar-refractivity contribution >= 4 is 10.4 Å². The number of rotatable bonds is 31. The SMILES string of the molecule is CCCCCCCCCCCCCOCCOCCOCCOCCOCCOCCOS(=O)(=O)O. The minimum absolute atomic E-state index is 0.0488. The van der Waals surface area contributed by atoms with Crippen molar-refractivity contribution in [3.05, 3.63) is 0 Å². The minimum atomic E-state index is -4.40. The molecule has 0 bridgehead atoms. The smallest absolute Gasteiger partial charge is 0.379 e. The van der Waals surface area contributed by atoms with E-state index < -0.39 is 10.4 Å². The summed E-state index contributed by atoms with van der Waals surface area (Å²) in [4.78, 5) is 0. The van der Waals surface area contributed by atoms with Crippen molar-refractivity contribution in [3.63, 3.8) is 0 Å². The van der Waals surface area contributed by atoms with Crippen molar-refractivity contribution in [1.82, 2.24) is 0 Å². The molecular formula is C25H52O10S. The summed E-state index contributed by atoms with van der Waals surface area (Å²) in [5, 5.41) is 0. The molecule has 0 saturated heterocycles. The monoisotopic (exact) mass is 544 g/mol. The Balaban J connectivity index is 3.04. The van der Waals surface area contributed by atoms with Crippen molar-refractivity contribution in [2.24, 2.45) is 0 Å². The Labute approximate surface area is 219 Å². The Morgan fingerprint density at radius 3 is 1.03 bits per heavy atom. The summed E-state index contributed by atoms with van der Waals surface area (Å²) in [6.07, 6.45) is 14.8. The van der Waals surface area contributed by atoms with Crippen LogP contribution in [0.4, 0.5) is 0 Å². The van der Waals surface area contributed by atoms with Crippen molar-refractivity contribution in [2.75, 3.05) is 85.9 Å². The third-order valence-corrected chi connectivity index (χ3v) is 5.68. The van der Waals surface area contributed by atoms with Crippen LogP contribution in [-0.4, -0.2) is 98.9 Å². The zero-order valence-electron chi connectivity index (χ0n) is 22.5. The predicted molar refractivity (Wildman–Crippen MR) is 139 cm³/mol. The maximum atomic E-state index is 10.3. The minimum Gasteiger partial charge on any atom is -0.379 e. The van der Waals surface area contributed by atoms with Gasteiger partial charge < -0.3 is 28.4 Å². The summed E-state index contributed by atoms with van der Waals surface area (Å²) in [6, 6.07) is 0. The molecule has 10 nitrogen and oxygen atoms in total. The summed E-state index contributed by atoms with van der Waals surface area (Å²) in [6.45, 7) is 7.67. The van der Waals surface area contributed by atoms with E-state index in [1.807, 2.05) is 0 Å². The lowest BCUT2D eigenvalue weighted by molar-refractivity contribution is -0.0179. The van der Waals surface area contributed by atoms with Gasteiger partial charge in [0.05, 0.1) is 79.3 Å². The molecule has 218 valence electrons. The van der Waals surface area contributed by atoms with Crippen LogP contribution in [0.2, 0.25) is 0 Å². The average molecular weight is 545 g/mol. The molecule has 0 aromatic carbocycles. The Kier molecular flexibility index (Phi) is 28.9. The Hall–Kier alpha value is -0.370. The molecule has 0 amide bonds. The van der Waals surface area contributed by atoms with E-state index in [1.54, 1.807) is 0 Å². The van der Waals surface area contributed by atoms with Gasteiger partial charge in [-0.25, -0.2) is 4.18 Å². The number of unbranched alkanes of at least 4 members (excludes halogenated alkanes) is 10. The number of ether oxygens (including phenoxy) is 6. The number of hydrogen-bond acceptors (Lipinski definition) is 9. The molecule has 0 aliphatic heterocycles. The molecule has 0 atom stereocenters. The molecule has 0 heterocycles. The van der Waals surface area contributed by atoms with Gasteiger partial charge in [-0.15, -0.1) is 0 Å². The van der Waals surface area contributed by atoms with Crippen LogP contribution in [0.25, 0.3) is 0 Å². The van der Waals surface area contributed by atoms with Gasteiger partial charge in [0.15, 0.2) is 0 Å². The first kappa shape index (κ1) is 35.6. The average Bonchev–Trinajstić information content (AvgIpc) is 2.84. The fourth-order valence-corrected chi connectivity index (χ4v) is 3.55. The quantitative estimate of drug-likeness (QED) is 0.100. The lowest BCUT2D eigenvalue weighted by Crippen LogP contribution is -2.15. The van der Waals surface area contributed by atoms with Crippen LogP contribution in [0, 0.1) is 0 Å². The van der Waals surface area contributed by atoms with Gasteiger partial charge in [0.1, 0.15) is 0 Å². The van der Waals surface area contributed by atoms with E-state index in [9.17, 15) is 8.42 Å². The van der Waals surface area contributed by atoms with Crippen LogP contribution in [0.3, 0.4) is 0 Å². The van der Waals surface area contributed by atoms with Gasteiger partial charge in [-0.05, 0) is 6.42 Å². The molecule has 36 heavy (non-hydrogen) atoms. The molecule has 0 aromatic heterocycles. The van der Waals surface area contributed by atoms with E-state index in [4.69, 9.17) is 33.0 Å². The number of hydrogen-bond donors (Lipinski definition) is 1. The third kappa shape index (κ3) is 33.6. The first-order chi connectivity index (χ1) is 17.6. The van der Waals surface area contributed by atoms with Crippen LogP contribution in [0.1, 0.15) is 77.6 Å². The van der Waals surface area contributed by atoms with Crippen molar-refractivity contribution < 1.29 is 45.6 Å². The summed E-state index contributed by atoms with van der Waals surface area (Å²) in [5.41, 5.74) is 0. The van der Waals surface area contributed by atoms with Crippen molar-refractivity contribution in [3.8, 4) is 0 Å². The Bertz CT molecular complexity index is 519. The molecule has 11 heteroatoms. The highest BCUT2D eigenvalue weighted by atomic mass is 32.3. The van der Waals surface area contributed by atoms with Gasteiger partial charge in [-0.1, -0.05) is 71.1 Å². The van der Waals surface area contributed by atoms with Crippen molar-refractivity contribution in [1.29, 1.82) is 0 Å². The molecule has 0 spiro atoms. The summed E-state index contributed by atoms with van der Waals surface area (Å²) < 4.78 is 65.4. The highest BCUT2D eigenvalue weighted by molar-refractivity contribution is 7.80. The molecular weight excluding hydrogens is 492 g/mol. The molecule has 0 aromatic rings. The van der Waals surface area contributed by atoms with Crippen molar-refractivity contribution in [2.45, 2.75) is 77.6 Å². The first-order valence-corrected chi connectivity index (χ1v) is 15.0. The second-order valence-corrected chi connectivity index (χ2v) is 9.55. The maximum absolute atomic E-state index is 10.3. The van der Waals surface area contributed by atoms with E-state index in [0.29, 0.717) is 66.1 Å². The van der Waals surface area contributed by atoms with E-state index >= 15 is 0 Å². The largest absolute Gasteiger partial charge is 0.397 e. The second kappa shape index (κ2) is 29.2. The van der Waals surface area contributed by atoms with Gasteiger partial charge in [0.25, 0.3) is 0 Å². The fourth-order valence-electron chi connectivity index (χ4n) is 3.27. The third-order valence-electron chi connectivity index (χ3n) is 5.21. The second-order valence-electron chi connectivity index (χ2n) is 8.46. The molecule has 1 N–H and O–H groups in total. The van der Waals surface area contributed by atoms with Gasteiger partial charge in [0, 0.05) is 6.61 Å². The molecule has 0 rings (SSSR count). The normalized spacial score (nSPS) is 11.9. The van der Waals surface area contributed by atoms with Crippen LogP contribution in [0.5, 0.6) is 0 Å². The summed E-state index contributed by atoms with van der Waals surface area (Å²) >= 11 is 0. The van der Waals surface area contributed by atoms with Gasteiger partial charge in [-0.3, -0.25) is 4.55 Å². The standard InChI is InChI=1S/C25H52O10S/c1-2-3-4-5-6-7-8-9-10-11-12-13-29-14-15-30-16-17-31-18-19-32-20-21-33-22-23-34-24-25-35-36(26,27)28/h2-25H2,1H3,(H,26,27,28). The van der Waals surface area contributed by atoms with Crippen LogP contribution >= 0.6 is 0 Å². The lowest BCUT2D eigenvalue weighted by Gasteiger charge is -2.08. The van der Waals surface area contributed by atoms with Gasteiger partial charge in [-0.2, -0.15) is 8.42 Å². The first-order valence-electron chi connectivity index (χ1n) is 13.6. The highest BCUT2D eigenvalue weighted by Crippen LogP contribution is 2.11. The fraction of sp³-hybridized carbons (Fsp3) is 1.00. The van der Waals surface area contributed by atoms with E-state index in [2.05, 4.69) is 11.1 Å². The van der Waals surface area contributed by atoms with Gasteiger partial charge in [0.2, 0.25) is 0 Å².